The third-order valence-corrected chi connectivity index (χ3v) is 4.99. The fourth-order valence-electron chi connectivity index (χ4n) is 1.85. The number of hydrogen-bond donors (Lipinski definition) is 2. The largest absolute Gasteiger partial charge is 0.503 e. The number of benzene rings is 1. The third kappa shape index (κ3) is 7.94. The van der Waals surface area contributed by atoms with Gasteiger partial charge in [0.25, 0.3) is 0 Å². The molecule has 0 aromatic heterocycles. The highest BCUT2D eigenvalue weighted by atomic mass is 32.2. The molecule has 0 fully saturated rings. The second-order valence-corrected chi connectivity index (χ2v) is 7.50. The van der Waals surface area contributed by atoms with Crippen molar-refractivity contribution >= 4 is 15.7 Å². The number of halogens is 5. The summed E-state index contributed by atoms with van der Waals surface area (Å²) in [7, 11) is -3.98. The van der Waals surface area contributed by atoms with Crippen molar-refractivity contribution in [2.24, 2.45) is 0 Å². The Morgan fingerprint density at radius 1 is 1.04 bits per heavy atom. The van der Waals surface area contributed by atoms with Gasteiger partial charge in [0.15, 0.2) is 27.2 Å². The lowest BCUT2D eigenvalue weighted by Gasteiger charge is -2.09. The van der Waals surface area contributed by atoms with Crippen molar-refractivity contribution < 1.29 is 49.7 Å². The number of amides is 1. The summed E-state index contributed by atoms with van der Waals surface area (Å²) < 4.78 is 96.0. The van der Waals surface area contributed by atoms with E-state index < -0.39 is 50.0 Å². The Labute approximate surface area is 157 Å². The maximum atomic E-state index is 13.2. The van der Waals surface area contributed by atoms with Crippen molar-refractivity contribution in [3.63, 3.8) is 0 Å². The standard InChI is InChI=1S/C15H18F5NO6S/c16-11-8-10(9-12(17)13(11)22)28(24,25)7-1-3-26-5-6-27-4-2-21-14(23)15(18,19)20/h8-9,22H,1-7H2,(H,21,23). The molecule has 0 bridgehead atoms. The summed E-state index contributed by atoms with van der Waals surface area (Å²) in [4.78, 5) is 9.88. The maximum absolute atomic E-state index is 13.2. The van der Waals surface area contributed by atoms with Crippen LogP contribution >= 0.6 is 0 Å². The van der Waals surface area contributed by atoms with Crippen LogP contribution in [0.25, 0.3) is 0 Å². The lowest BCUT2D eigenvalue weighted by atomic mass is 10.3. The van der Waals surface area contributed by atoms with E-state index in [4.69, 9.17) is 14.6 Å². The first-order valence-corrected chi connectivity index (χ1v) is 9.51. The number of rotatable bonds is 11. The van der Waals surface area contributed by atoms with Crippen LogP contribution in [0.2, 0.25) is 0 Å². The molecule has 0 radical (unpaired) electrons. The Balaban J connectivity index is 2.18. The van der Waals surface area contributed by atoms with Gasteiger partial charge in [-0.15, -0.1) is 0 Å². The van der Waals surface area contributed by atoms with E-state index in [1.165, 1.54) is 0 Å². The summed E-state index contributed by atoms with van der Waals surface area (Å²) in [6, 6.07) is 1.03. The fraction of sp³-hybridized carbons (Fsp3) is 0.533. The van der Waals surface area contributed by atoms with Gasteiger partial charge in [-0.1, -0.05) is 0 Å². The molecule has 1 aromatic carbocycles. The van der Waals surface area contributed by atoms with E-state index in [1.807, 2.05) is 0 Å². The number of phenolic OH excluding ortho intramolecular Hbond substituents is 1. The average molecular weight is 435 g/mol. The molecule has 0 spiro atoms. The zero-order valence-corrected chi connectivity index (χ0v) is 15.2. The van der Waals surface area contributed by atoms with Gasteiger partial charge >= 0.3 is 12.1 Å². The predicted molar refractivity (Wildman–Crippen MR) is 85.4 cm³/mol. The molecule has 0 aliphatic rings. The minimum Gasteiger partial charge on any atom is -0.503 e. The number of carbonyl (C=O) groups excluding carboxylic acids is 1. The molecule has 13 heteroatoms. The predicted octanol–water partition coefficient (Wildman–Crippen LogP) is 1.55. The van der Waals surface area contributed by atoms with Crippen LogP contribution in [0, 0.1) is 11.6 Å². The number of sulfone groups is 1. The lowest BCUT2D eigenvalue weighted by Crippen LogP contribution is -2.38. The molecule has 0 aliphatic carbocycles. The van der Waals surface area contributed by atoms with E-state index in [-0.39, 0.29) is 39.4 Å². The Hall–Kier alpha value is -1.99. The molecule has 1 aromatic rings. The molecule has 0 heterocycles. The zero-order chi connectivity index (χ0) is 21.4. The first-order chi connectivity index (χ1) is 12.9. The highest BCUT2D eigenvalue weighted by molar-refractivity contribution is 7.91. The van der Waals surface area contributed by atoms with E-state index in [1.54, 1.807) is 5.32 Å². The molecule has 160 valence electrons. The molecule has 0 saturated heterocycles. The van der Waals surface area contributed by atoms with Gasteiger partial charge in [-0.05, 0) is 18.6 Å². The van der Waals surface area contributed by atoms with Crippen LogP contribution in [0.4, 0.5) is 22.0 Å². The van der Waals surface area contributed by atoms with Gasteiger partial charge in [0.05, 0.1) is 30.5 Å². The monoisotopic (exact) mass is 435 g/mol. The van der Waals surface area contributed by atoms with Crippen molar-refractivity contribution in [3.05, 3.63) is 23.8 Å². The summed E-state index contributed by atoms with van der Waals surface area (Å²) in [5.41, 5.74) is 0. The average Bonchev–Trinajstić information content (AvgIpc) is 2.59. The number of hydrogen-bond acceptors (Lipinski definition) is 6. The third-order valence-electron chi connectivity index (χ3n) is 3.21. The van der Waals surface area contributed by atoms with E-state index in [9.17, 15) is 35.2 Å². The zero-order valence-electron chi connectivity index (χ0n) is 14.4. The van der Waals surface area contributed by atoms with Crippen molar-refractivity contribution in [2.75, 3.05) is 38.7 Å². The molecule has 2 N–H and O–H groups in total. The quantitative estimate of drug-likeness (QED) is 0.404. The van der Waals surface area contributed by atoms with E-state index in [2.05, 4.69) is 0 Å². The summed E-state index contributed by atoms with van der Waals surface area (Å²) in [6.07, 6.45) is -4.95. The van der Waals surface area contributed by atoms with E-state index in [0.29, 0.717) is 12.1 Å². The maximum Gasteiger partial charge on any atom is 0.471 e. The second-order valence-electron chi connectivity index (χ2n) is 5.39. The van der Waals surface area contributed by atoms with Crippen molar-refractivity contribution in [3.8, 4) is 5.75 Å². The molecule has 1 amide bonds. The van der Waals surface area contributed by atoms with Crippen LogP contribution in [0.15, 0.2) is 17.0 Å². The van der Waals surface area contributed by atoms with Crippen molar-refractivity contribution in [1.29, 1.82) is 0 Å². The number of alkyl halides is 3. The molecule has 0 unspecified atom stereocenters. The Morgan fingerprint density at radius 3 is 2.11 bits per heavy atom. The minimum absolute atomic E-state index is 0.00300. The Morgan fingerprint density at radius 2 is 1.57 bits per heavy atom. The van der Waals surface area contributed by atoms with E-state index in [0.717, 1.165) is 0 Å². The first kappa shape index (κ1) is 24.0. The Bertz CT molecular complexity index is 746. The van der Waals surface area contributed by atoms with Gasteiger partial charge in [0.2, 0.25) is 0 Å². The van der Waals surface area contributed by atoms with E-state index >= 15 is 0 Å². The molecule has 28 heavy (non-hydrogen) atoms. The smallest absolute Gasteiger partial charge is 0.471 e. The van der Waals surface area contributed by atoms with Crippen LogP contribution in [0.1, 0.15) is 6.42 Å². The van der Waals surface area contributed by atoms with Crippen molar-refractivity contribution in [2.45, 2.75) is 17.5 Å². The molecule has 0 atom stereocenters. The Kier molecular flexibility index (Phi) is 9.04. The molecular formula is C15H18F5NO6S. The molecule has 0 aliphatic heterocycles. The fourth-order valence-corrected chi connectivity index (χ4v) is 3.15. The van der Waals surface area contributed by atoms with Crippen molar-refractivity contribution in [1.82, 2.24) is 5.32 Å². The summed E-state index contributed by atoms with van der Waals surface area (Å²) >= 11 is 0. The highest BCUT2D eigenvalue weighted by Gasteiger charge is 2.38. The summed E-state index contributed by atoms with van der Waals surface area (Å²) in [5.74, 6) is -6.57. The topological polar surface area (TPSA) is 102 Å². The highest BCUT2D eigenvalue weighted by Crippen LogP contribution is 2.24. The van der Waals surface area contributed by atoms with Gasteiger partial charge < -0.3 is 19.9 Å². The molecular weight excluding hydrogens is 417 g/mol. The number of ether oxygens (including phenoxy) is 2. The van der Waals surface area contributed by atoms with Crippen LogP contribution in [-0.2, 0) is 24.1 Å². The number of carbonyl (C=O) groups is 1. The number of aromatic hydroxyl groups is 1. The van der Waals surface area contributed by atoms with Crippen LogP contribution < -0.4 is 5.32 Å². The summed E-state index contributed by atoms with van der Waals surface area (Å²) in [5, 5.41) is 10.6. The normalized spacial score (nSPS) is 12.2. The van der Waals surface area contributed by atoms with Crippen LogP contribution in [0.3, 0.4) is 0 Å². The van der Waals surface area contributed by atoms with Gasteiger partial charge in [-0.25, -0.2) is 17.2 Å². The molecule has 1 rings (SSSR count). The second kappa shape index (κ2) is 10.5. The van der Waals surface area contributed by atoms with Crippen LogP contribution in [-0.4, -0.2) is 64.3 Å². The van der Waals surface area contributed by atoms with Gasteiger partial charge in [-0.2, -0.15) is 13.2 Å². The molecule has 0 saturated carbocycles. The summed E-state index contributed by atoms with van der Waals surface area (Å²) in [6.45, 7) is -0.497. The number of nitrogens with one attached hydrogen (secondary N) is 1. The van der Waals surface area contributed by atoms with Gasteiger partial charge in [-0.3, -0.25) is 4.79 Å². The van der Waals surface area contributed by atoms with Gasteiger partial charge in [0.1, 0.15) is 0 Å². The number of phenols is 1. The molecule has 7 nitrogen and oxygen atoms in total. The first-order valence-electron chi connectivity index (χ1n) is 7.86. The van der Waals surface area contributed by atoms with Gasteiger partial charge in [0, 0.05) is 13.2 Å². The SMILES string of the molecule is O=C(NCCOCCOCCCS(=O)(=O)c1cc(F)c(O)c(F)c1)C(F)(F)F. The lowest BCUT2D eigenvalue weighted by molar-refractivity contribution is -0.173. The van der Waals surface area contributed by atoms with Crippen LogP contribution in [0.5, 0.6) is 5.75 Å². The minimum atomic E-state index is -4.96.